The van der Waals surface area contributed by atoms with Crippen LogP contribution in [0.1, 0.15) is 36.9 Å². The van der Waals surface area contributed by atoms with Crippen molar-refractivity contribution in [2.75, 3.05) is 24.5 Å². The third kappa shape index (κ3) is 4.11. The van der Waals surface area contributed by atoms with Crippen LogP contribution in [0.4, 0.5) is 10.1 Å². The number of nitrogens with zero attached hydrogens (tertiary/aromatic N) is 1. The van der Waals surface area contributed by atoms with Crippen molar-refractivity contribution in [3.05, 3.63) is 65.5 Å². The Hall–Kier alpha value is -1.87. The van der Waals surface area contributed by atoms with E-state index in [2.05, 4.69) is 47.5 Å². The maximum atomic E-state index is 14.4. The Balaban J connectivity index is 1.56. The molecule has 0 amide bonds. The van der Waals surface area contributed by atoms with Crippen LogP contribution in [0.5, 0.6) is 0 Å². The topological polar surface area (TPSA) is 15.3 Å². The molecule has 23 heavy (non-hydrogen) atoms. The molecule has 1 fully saturated rings. The normalized spacial score (nSPS) is 15.8. The van der Waals surface area contributed by atoms with Gasteiger partial charge in [0.15, 0.2) is 0 Å². The first-order valence-corrected chi connectivity index (χ1v) is 8.56. The van der Waals surface area contributed by atoms with Crippen LogP contribution in [0.3, 0.4) is 0 Å². The molecular formula is C20H25FN2. The van der Waals surface area contributed by atoms with Gasteiger partial charge in [0, 0.05) is 19.1 Å². The summed E-state index contributed by atoms with van der Waals surface area (Å²) >= 11 is 0. The molecule has 0 saturated carbocycles. The molecular weight excluding hydrogens is 287 g/mol. The van der Waals surface area contributed by atoms with Gasteiger partial charge in [-0.05, 0) is 56.0 Å². The predicted octanol–water partition coefficient (Wildman–Crippen LogP) is 4.32. The number of halogens is 1. The summed E-state index contributed by atoms with van der Waals surface area (Å²) in [6.07, 6.45) is 3.32. The van der Waals surface area contributed by atoms with Crippen molar-refractivity contribution in [1.82, 2.24) is 5.32 Å². The second-order valence-electron chi connectivity index (χ2n) is 6.32. The highest BCUT2D eigenvalue weighted by Gasteiger charge is 2.17. The van der Waals surface area contributed by atoms with Crippen LogP contribution in [-0.2, 0) is 6.42 Å². The lowest BCUT2D eigenvalue weighted by Crippen LogP contribution is -2.22. The fourth-order valence-corrected chi connectivity index (χ4v) is 3.20. The van der Waals surface area contributed by atoms with Crippen LogP contribution in [-0.4, -0.2) is 19.6 Å². The Bertz CT molecular complexity index is 621. The lowest BCUT2D eigenvalue weighted by atomic mass is 10.1. The molecule has 3 heteroatoms. The van der Waals surface area contributed by atoms with Crippen LogP contribution in [0, 0.1) is 5.82 Å². The summed E-state index contributed by atoms with van der Waals surface area (Å²) in [5.41, 5.74) is 3.09. The molecule has 2 aromatic carbocycles. The van der Waals surface area contributed by atoms with Crippen LogP contribution in [0.2, 0.25) is 0 Å². The van der Waals surface area contributed by atoms with E-state index >= 15 is 0 Å². The SMILES string of the molecule is C[C@H](NCCc1ccccc1)c1ccc(N2CCCC2)c(F)c1. The van der Waals surface area contributed by atoms with E-state index in [1.165, 1.54) is 18.4 Å². The first-order chi connectivity index (χ1) is 11.2. The Morgan fingerprint density at radius 1 is 1.09 bits per heavy atom. The van der Waals surface area contributed by atoms with Gasteiger partial charge in [-0.25, -0.2) is 4.39 Å². The molecule has 0 aliphatic carbocycles. The van der Waals surface area contributed by atoms with E-state index in [1.807, 2.05) is 12.1 Å². The number of nitrogens with one attached hydrogen (secondary N) is 1. The van der Waals surface area contributed by atoms with Crippen LogP contribution in [0.15, 0.2) is 48.5 Å². The molecule has 1 N–H and O–H groups in total. The molecule has 1 aliphatic heterocycles. The Labute approximate surface area is 138 Å². The average molecular weight is 312 g/mol. The minimum absolute atomic E-state index is 0.0962. The summed E-state index contributed by atoms with van der Waals surface area (Å²) in [6.45, 7) is 4.93. The van der Waals surface area contributed by atoms with Gasteiger partial charge >= 0.3 is 0 Å². The zero-order chi connectivity index (χ0) is 16.1. The molecule has 0 radical (unpaired) electrons. The summed E-state index contributed by atoms with van der Waals surface area (Å²) in [6, 6.07) is 16.3. The highest BCUT2D eigenvalue weighted by Crippen LogP contribution is 2.26. The number of hydrogen-bond acceptors (Lipinski definition) is 2. The summed E-state index contributed by atoms with van der Waals surface area (Å²) in [5.74, 6) is -0.0962. The minimum Gasteiger partial charge on any atom is -0.369 e. The molecule has 0 bridgehead atoms. The summed E-state index contributed by atoms with van der Waals surface area (Å²) in [4.78, 5) is 2.15. The first kappa shape index (κ1) is 16.0. The molecule has 1 atom stereocenters. The molecule has 1 aliphatic rings. The largest absolute Gasteiger partial charge is 0.369 e. The monoisotopic (exact) mass is 312 g/mol. The van der Waals surface area contributed by atoms with Crippen LogP contribution < -0.4 is 10.2 Å². The fourth-order valence-electron chi connectivity index (χ4n) is 3.20. The second kappa shape index (κ2) is 7.60. The first-order valence-electron chi connectivity index (χ1n) is 8.56. The van der Waals surface area contributed by atoms with Crippen molar-refractivity contribution in [3.63, 3.8) is 0 Å². The van der Waals surface area contributed by atoms with Gasteiger partial charge in [0.2, 0.25) is 0 Å². The van der Waals surface area contributed by atoms with E-state index in [0.717, 1.165) is 37.3 Å². The van der Waals surface area contributed by atoms with Crippen LogP contribution in [0.25, 0.3) is 0 Å². The number of hydrogen-bond donors (Lipinski definition) is 1. The predicted molar refractivity (Wildman–Crippen MR) is 94.4 cm³/mol. The average Bonchev–Trinajstić information content (AvgIpc) is 3.10. The summed E-state index contributed by atoms with van der Waals surface area (Å²) < 4.78 is 14.4. The zero-order valence-corrected chi connectivity index (χ0v) is 13.8. The van der Waals surface area contributed by atoms with Crippen molar-refractivity contribution >= 4 is 5.69 Å². The molecule has 2 nitrogen and oxygen atoms in total. The van der Waals surface area contributed by atoms with Crippen molar-refractivity contribution in [2.45, 2.75) is 32.2 Å². The van der Waals surface area contributed by atoms with Gasteiger partial charge < -0.3 is 10.2 Å². The third-order valence-corrected chi connectivity index (χ3v) is 4.63. The summed E-state index contributed by atoms with van der Waals surface area (Å²) in [5, 5.41) is 3.48. The van der Waals surface area contributed by atoms with Gasteiger partial charge in [-0.2, -0.15) is 0 Å². The molecule has 0 aromatic heterocycles. The Morgan fingerprint density at radius 2 is 1.83 bits per heavy atom. The molecule has 0 spiro atoms. The van der Waals surface area contributed by atoms with Gasteiger partial charge in [-0.3, -0.25) is 0 Å². The van der Waals surface area contributed by atoms with E-state index in [1.54, 1.807) is 6.07 Å². The second-order valence-corrected chi connectivity index (χ2v) is 6.32. The number of rotatable bonds is 6. The van der Waals surface area contributed by atoms with E-state index in [0.29, 0.717) is 0 Å². The van der Waals surface area contributed by atoms with E-state index in [4.69, 9.17) is 0 Å². The smallest absolute Gasteiger partial charge is 0.146 e. The zero-order valence-electron chi connectivity index (χ0n) is 13.8. The van der Waals surface area contributed by atoms with E-state index in [9.17, 15) is 4.39 Å². The lowest BCUT2D eigenvalue weighted by molar-refractivity contribution is 0.566. The molecule has 1 saturated heterocycles. The van der Waals surface area contributed by atoms with Gasteiger partial charge in [0.1, 0.15) is 5.82 Å². The minimum atomic E-state index is -0.0962. The molecule has 1 heterocycles. The molecule has 0 unspecified atom stereocenters. The number of anilines is 1. The highest BCUT2D eigenvalue weighted by atomic mass is 19.1. The molecule has 3 rings (SSSR count). The molecule has 122 valence electrons. The molecule has 2 aromatic rings. The van der Waals surface area contributed by atoms with Gasteiger partial charge in [-0.1, -0.05) is 36.4 Å². The van der Waals surface area contributed by atoms with Crippen molar-refractivity contribution in [3.8, 4) is 0 Å². The Morgan fingerprint density at radius 3 is 2.52 bits per heavy atom. The van der Waals surface area contributed by atoms with Crippen molar-refractivity contribution < 1.29 is 4.39 Å². The van der Waals surface area contributed by atoms with E-state index in [-0.39, 0.29) is 11.9 Å². The maximum absolute atomic E-state index is 14.4. The van der Waals surface area contributed by atoms with Crippen molar-refractivity contribution in [1.29, 1.82) is 0 Å². The van der Waals surface area contributed by atoms with Gasteiger partial charge in [0.05, 0.1) is 5.69 Å². The van der Waals surface area contributed by atoms with Gasteiger partial charge in [0.25, 0.3) is 0 Å². The quantitative estimate of drug-likeness (QED) is 0.854. The van der Waals surface area contributed by atoms with Crippen molar-refractivity contribution in [2.24, 2.45) is 0 Å². The fraction of sp³-hybridized carbons (Fsp3) is 0.400. The number of benzene rings is 2. The highest BCUT2D eigenvalue weighted by molar-refractivity contribution is 5.50. The third-order valence-electron chi connectivity index (χ3n) is 4.63. The summed E-state index contributed by atoms with van der Waals surface area (Å²) in [7, 11) is 0. The maximum Gasteiger partial charge on any atom is 0.146 e. The van der Waals surface area contributed by atoms with Gasteiger partial charge in [-0.15, -0.1) is 0 Å². The standard InChI is InChI=1S/C20H25FN2/c1-16(22-12-11-17-7-3-2-4-8-17)18-9-10-20(19(21)15-18)23-13-5-6-14-23/h2-4,7-10,15-16,22H,5-6,11-14H2,1H3/t16-/m0/s1. The Kier molecular flexibility index (Phi) is 5.29. The lowest BCUT2D eigenvalue weighted by Gasteiger charge is -2.20. The van der Waals surface area contributed by atoms with E-state index < -0.39 is 0 Å². The van der Waals surface area contributed by atoms with Crippen LogP contribution >= 0.6 is 0 Å².